The monoisotopic (exact) mass is 326 g/mol. The van der Waals surface area contributed by atoms with Gasteiger partial charge in [-0.2, -0.15) is 5.10 Å². The molecule has 4 rings (SSSR count). The van der Waals surface area contributed by atoms with Crippen molar-refractivity contribution in [3.63, 3.8) is 0 Å². The second kappa shape index (κ2) is 6.28. The maximum atomic E-state index is 12.2. The highest BCUT2D eigenvalue weighted by Crippen LogP contribution is 2.26. The first-order chi connectivity index (χ1) is 11.7. The number of hydrogen-bond acceptors (Lipinski definition) is 4. The molecule has 0 unspecified atom stereocenters. The molecule has 0 spiro atoms. The second-order valence-electron chi connectivity index (χ2n) is 6.46. The maximum Gasteiger partial charge on any atom is 0.269 e. The van der Waals surface area contributed by atoms with Crippen molar-refractivity contribution in [1.82, 2.24) is 20.4 Å². The Morgan fingerprint density at radius 1 is 1.25 bits per heavy atom. The lowest BCUT2D eigenvalue weighted by atomic mass is 10.1. The van der Waals surface area contributed by atoms with E-state index in [-0.39, 0.29) is 12.1 Å². The molecule has 24 heavy (non-hydrogen) atoms. The van der Waals surface area contributed by atoms with Crippen LogP contribution in [0.4, 0.5) is 0 Å². The van der Waals surface area contributed by atoms with Crippen LogP contribution in [0.5, 0.6) is 5.75 Å². The molecule has 2 aromatic rings. The minimum Gasteiger partial charge on any atom is -0.497 e. The average Bonchev–Trinajstić information content (AvgIpc) is 3.27. The van der Waals surface area contributed by atoms with E-state index < -0.39 is 0 Å². The molecular weight excluding hydrogens is 304 g/mol. The Bertz CT molecular complexity index is 732. The van der Waals surface area contributed by atoms with Gasteiger partial charge in [-0.15, -0.1) is 0 Å². The van der Waals surface area contributed by atoms with E-state index in [0.29, 0.717) is 18.3 Å². The van der Waals surface area contributed by atoms with E-state index in [1.54, 1.807) is 7.11 Å². The molecule has 0 bridgehead atoms. The number of benzene rings is 1. The molecule has 1 saturated carbocycles. The predicted molar refractivity (Wildman–Crippen MR) is 91.0 cm³/mol. The Kier molecular flexibility index (Phi) is 3.98. The summed E-state index contributed by atoms with van der Waals surface area (Å²) in [6, 6.07) is 10.1. The molecule has 126 valence electrons. The number of nitrogens with zero attached hydrogens (tertiary/aromatic N) is 2. The van der Waals surface area contributed by atoms with Gasteiger partial charge in [-0.05, 0) is 43.2 Å². The quantitative estimate of drug-likeness (QED) is 0.905. The minimum absolute atomic E-state index is 0.0211. The summed E-state index contributed by atoms with van der Waals surface area (Å²) in [5.74, 6) is 0.743. The zero-order valence-electron chi connectivity index (χ0n) is 13.8. The molecule has 2 aliphatic rings. The van der Waals surface area contributed by atoms with Crippen molar-refractivity contribution in [3.8, 4) is 17.0 Å². The maximum absolute atomic E-state index is 12.2. The Balaban J connectivity index is 1.63. The summed E-state index contributed by atoms with van der Waals surface area (Å²) in [5.41, 5.74) is 2.40. The number of carbonyl (C=O) groups excluding carboxylic acids is 1. The van der Waals surface area contributed by atoms with Crippen LogP contribution in [0.1, 0.15) is 42.3 Å². The molecule has 1 aliphatic carbocycles. The van der Waals surface area contributed by atoms with Crippen LogP contribution in [0.15, 0.2) is 30.3 Å². The summed E-state index contributed by atoms with van der Waals surface area (Å²) in [6.07, 6.45) is 4.98. The van der Waals surface area contributed by atoms with E-state index in [9.17, 15) is 4.79 Å². The van der Waals surface area contributed by atoms with E-state index in [1.165, 1.54) is 25.7 Å². The first kappa shape index (κ1) is 15.2. The van der Waals surface area contributed by atoms with Crippen LogP contribution in [-0.2, 0) is 0 Å². The molecular formula is C18H22N4O2. The van der Waals surface area contributed by atoms with Gasteiger partial charge < -0.3 is 10.1 Å². The van der Waals surface area contributed by atoms with Gasteiger partial charge in [0.25, 0.3) is 5.91 Å². The van der Waals surface area contributed by atoms with E-state index in [4.69, 9.17) is 9.84 Å². The number of methoxy groups -OCH3 is 1. The van der Waals surface area contributed by atoms with Crippen LogP contribution in [-0.4, -0.2) is 35.4 Å². The number of amides is 1. The lowest BCUT2D eigenvalue weighted by Crippen LogP contribution is -2.47. The van der Waals surface area contributed by atoms with Crippen molar-refractivity contribution >= 4 is 5.91 Å². The normalized spacial score (nSPS) is 20.7. The average molecular weight is 326 g/mol. The summed E-state index contributed by atoms with van der Waals surface area (Å²) in [5, 5.41) is 11.3. The molecule has 2 heterocycles. The van der Waals surface area contributed by atoms with Crippen LogP contribution in [0.25, 0.3) is 11.3 Å². The summed E-state index contributed by atoms with van der Waals surface area (Å²) in [6.45, 7) is 0.575. The Morgan fingerprint density at radius 3 is 2.71 bits per heavy atom. The third-order valence-corrected chi connectivity index (χ3v) is 4.89. The van der Waals surface area contributed by atoms with Gasteiger partial charge in [-0.25, -0.2) is 4.68 Å². The lowest BCUT2D eigenvalue weighted by Gasteiger charge is -2.28. The first-order valence-corrected chi connectivity index (χ1v) is 8.53. The SMILES string of the molecule is COc1ccc(-c2cc3n(n2)[C@H](NC2CCCC2)CNC3=O)cc1. The standard InChI is InChI=1S/C18H22N4O2/c1-24-14-8-6-12(7-9-14)15-10-16-18(23)19-11-17(22(16)21-15)20-13-4-2-3-5-13/h6-10,13,17,20H,2-5,11H2,1H3,(H,19,23)/t17-/m0/s1. The summed E-state index contributed by atoms with van der Waals surface area (Å²) < 4.78 is 7.04. The largest absolute Gasteiger partial charge is 0.497 e. The third kappa shape index (κ3) is 2.78. The highest BCUT2D eigenvalue weighted by molar-refractivity contribution is 5.94. The first-order valence-electron chi connectivity index (χ1n) is 8.53. The Labute approximate surface area is 141 Å². The fourth-order valence-corrected chi connectivity index (χ4v) is 3.56. The molecule has 1 fully saturated rings. The van der Waals surface area contributed by atoms with Crippen molar-refractivity contribution in [2.24, 2.45) is 0 Å². The fourth-order valence-electron chi connectivity index (χ4n) is 3.56. The van der Waals surface area contributed by atoms with Crippen LogP contribution >= 0.6 is 0 Å². The van der Waals surface area contributed by atoms with Gasteiger partial charge in [-0.1, -0.05) is 12.8 Å². The van der Waals surface area contributed by atoms with E-state index >= 15 is 0 Å². The Morgan fingerprint density at radius 2 is 2.00 bits per heavy atom. The number of aromatic nitrogens is 2. The van der Waals surface area contributed by atoms with Gasteiger partial charge in [0.15, 0.2) is 0 Å². The van der Waals surface area contributed by atoms with Crippen LogP contribution in [0, 0.1) is 0 Å². The highest BCUT2D eigenvalue weighted by atomic mass is 16.5. The molecule has 0 radical (unpaired) electrons. The van der Waals surface area contributed by atoms with E-state index in [1.807, 2.05) is 35.0 Å². The number of fused-ring (bicyclic) bond motifs is 1. The fraction of sp³-hybridized carbons (Fsp3) is 0.444. The van der Waals surface area contributed by atoms with Crippen molar-refractivity contribution in [3.05, 3.63) is 36.0 Å². The van der Waals surface area contributed by atoms with Gasteiger partial charge in [0.1, 0.15) is 17.6 Å². The minimum atomic E-state index is -0.0632. The number of rotatable bonds is 4. The molecule has 2 N–H and O–H groups in total. The zero-order chi connectivity index (χ0) is 16.5. The van der Waals surface area contributed by atoms with Crippen molar-refractivity contribution < 1.29 is 9.53 Å². The molecule has 1 amide bonds. The molecule has 0 saturated heterocycles. The number of nitrogens with one attached hydrogen (secondary N) is 2. The number of carbonyl (C=O) groups is 1. The molecule has 1 aromatic carbocycles. The van der Waals surface area contributed by atoms with Gasteiger partial charge in [0, 0.05) is 11.6 Å². The van der Waals surface area contributed by atoms with Gasteiger partial charge in [0.05, 0.1) is 19.3 Å². The summed E-state index contributed by atoms with van der Waals surface area (Å²) in [7, 11) is 1.65. The summed E-state index contributed by atoms with van der Waals surface area (Å²) in [4.78, 5) is 12.2. The topological polar surface area (TPSA) is 68.2 Å². The van der Waals surface area contributed by atoms with E-state index in [0.717, 1.165) is 17.0 Å². The zero-order valence-corrected chi connectivity index (χ0v) is 13.8. The van der Waals surface area contributed by atoms with Crippen molar-refractivity contribution in [2.75, 3.05) is 13.7 Å². The smallest absolute Gasteiger partial charge is 0.269 e. The Hall–Kier alpha value is -2.34. The van der Waals surface area contributed by atoms with Crippen molar-refractivity contribution in [1.29, 1.82) is 0 Å². The molecule has 6 heteroatoms. The van der Waals surface area contributed by atoms with Gasteiger partial charge >= 0.3 is 0 Å². The van der Waals surface area contributed by atoms with Crippen LogP contribution < -0.4 is 15.4 Å². The lowest BCUT2D eigenvalue weighted by molar-refractivity contribution is 0.0896. The van der Waals surface area contributed by atoms with E-state index in [2.05, 4.69) is 10.6 Å². The third-order valence-electron chi connectivity index (χ3n) is 4.89. The molecule has 6 nitrogen and oxygen atoms in total. The molecule has 1 aliphatic heterocycles. The highest BCUT2D eigenvalue weighted by Gasteiger charge is 2.29. The molecule has 1 aromatic heterocycles. The number of ether oxygens (including phenoxy) is 1. The van der Waals surface area contributed by atoms with Crippen molar-refractivity contribution in [2.45, 2.75) is 37.9 Å². The predicted octanol–water partition coefficient (Wildman–Crippen LogP) is 2.33. The van der Waals surface area contributed by atoms with Gasteiger partial charge in [0.2, 0.25) is 0 Å². The second-order valence-corrected chi connectivity index (χ2v) is 6.46. The van der Waals surface area contributed by atoms with Crippen LogP contribution in [0.3, 0.4) is 0 Å². The molecule has 1 atom stereocenters. The van der Waals surface area contributed by atoms with Crippen LogP contribution in [0.2, 0.25) is 0 Å². The summed E-state index contributed by atoms with van der Waals surface area (Å²) >= 11 is 0. The van der Waals surface area contributed by atoms with Gasteiger partial charge in [-0.3, -0.25) is 10.1 Å². The number of hydrogen-bond donors (Lipinski definition) is 2.